The molecule has 1 aliphatic carbocycles. The molecule has 6 nitrogen and oxygen atoms in total. The van der Waals surface area contributed by atoms with Gasteiger partial charge in [-0.3, -0.25) is 9.59 Å². The average molecular weight is 477 g/mol. The third-order valence-electron chi connectivity index (χ3n) is 5.91. The maximum Gasteiger partial charge on any atom is 0.309 e. The van der Waals surface area contributed by atoms with Gasteiger partial charge in [-0.05, 0) is 73.9 Å². The predicted molar refractivity (Wildman–Crippen MR) is 132 cm³/mol. The average Bonchev–Trinajstić information content (AvgIpc) is 2.89. The van der Waals surface area contributed by atoms with E-state index in [1.807, 2.05) is 60.9 Å². The quantitative estimate of drug-likeness (QED) is 0.335. The molecule has 176 valence electrons. The number of rotatable bonds is 8. The zero-order chi connectivity index (χ0) is 23.8. The fraction of sp³-hybridized carbons (Fsp3) is 0.296. The molecule has 3 aromatic rings. The highest BCUT2D eigenvalue weighted by atomic mass is 32.2. The summed E-state index contributed by atoms with van der Waals surface area (Å²) in [6, 6.07) is 20.8. The third kappa shape index (κ3) is 6.38. The number of hydrogen-bond acceptors (Lipinski definition) is 6. The van der Waals surface area contributed by atoms with Crippen LogP contribution in [0, 0.1) is 5.92 Å². The number of nitrogens with zero attached hydrogens (tertiary/aromatic N) is 1. The van der Waals surface area contributed by atoms with Crippen molar-refractivity contribution in [1.82, 2.24) is 10.3 Å². The van der Waals surface area contributed by atoms with Gasteiger partial charge < -0.3 is 14.8 Å². The van der Waals surface area contributed by atoms with Crippen molar-refractivity contribution >= 4 is 23.6 Å². The molecule has 1 fully saturated rings. The molecule has 0 bridgehead atoms. The van der Waals surface area contributed by atoms with Gasteiger partial charge in [0.25, 0.3) is 5.91 Å². The van der Waals surface area contributed by atoms with Crippen LogP contribution in [0.3, 0.4) is 0 Å². The Balaban J connectivity index is 1.29. The monoisotopic (exact) mass is 476 g/mol. The summed E-state index contributed by atoms with van der Waals surface area (Å²) in [6.07, 6.45) is 6.45. The van der Waals surface area contributed by atoms with Crippen LogP contribution in [-0.2, 0) is 16.1 Å². The van der Waals surface area contributed by atoms with Gasteiger partial charge in [-0.2, -0.15) is 0 Å². The number of nitrogens with one attached hydrogen (secondary N) is 1. The molecule has 1 aliphatic rings. The Morgan fingerprint density at radius 2 is 1.71 bits per heavy atom. The SMILES string of the molecule is CSc1ccc(Oc2ncccc2C(=O)NC2CCC(C(=O)OCc3ccccc3)CC2)cc1. The summed E-state index contributed by atoms with van der Waals surface area (Å²) in [6.45, 7) is 0.292. The van der Waals surface area contributed by atoms with E-state index in [2.05, 4.69) is 10.3 Å². The Morgan fingerprint density at radius 3 is 2.41 bits per heavy atom. The van der Waals surface area contributed by atoms with Gasteiger partial charge in [0.15, 0.2) is 0 Å². The molecule has 1 aromatic heterocycles. The van der Waals surface area contributed by atoms with Crippen molar-refractivity contribution in [3.63, 3.8) is 0 Å². The molecule has 0 atom stereocenters. The van der Waals surface area contributed by atoms with E-state index >= 15 is 0 Å². The minimum atomic E-state index is -0.223. The van der Waals surface area contributed by atoms with Crippen molar-refractivity contribution in [3.05, 3.63) is 84.1 Å². The predicted octanol–water partition coefficient (Wildman–Crippen LogP) is 5.63. The zero-order valence-electron chi connectivity index (χ0n) is 19.1. The van der Waals surface area contributed by atoms with E-state index in [0.717, 1.165) is 23.3 Å². The number of amides is 1. The van der Waals surface area contributed by atoms with Crippen LogP contribution in [0.4, 0.5) is 0 Å². The Bertz CT molecular complexity index is 1100. The van der Waals surface area contributed by atoms with E-state index in [1.54, 1.807) is 30.1 Å². The van der Waals surface area contributed by atoms with E-state index in [4.69, 9.17) is 9.47 Å². The second kappa shape index (κ2) is 11.7. The largest absolute Gasteiger partial charge is 0.461 e. The van der Waals surface area contributed by atoms with Gasteiger partial charge in [-0.1, -0.05) is 30.3 Å². The number of carbonyl (C=O) groups excluding carboxylic acids is 2. The van der Waals surface area contributed by atoms with Gasteiger partial charge in [-0.25, -0.2) is 4.98 Å². The minimum absolute atomic E-state index is 0.000378. The van der Waals surface area contributed by atoms with Crippen LogP contribution < -0.4 is 10.1 Å². The first-order valence-electron chi connectivity index (χ1n) is 11.4. The van der Waals surface area contributed by atoms with Gasteiger partial charge in [0.1, 0.15) is 17.9 Å². The van der Waals surface area contributed by atoms with Gasteiger partial charge in [0, 0.05) is 17.1 Å². The van der Waals surface area contributed by atoms with E-state index in [1.165, 1.54) is 0 Å². The molecular weight excluding hydrogens is 448 g/mol. The molecule has 0 unspecified atom stereocenters. The first kappa shape index (κ1) is 23.8. The summed E-state index contributed by atoms with van der Waals surface area (Å²) in [5, 5.41) is 3.08. The smallest absolute Gasteiger partial charge is 0.309 e. The van der Waals surface area contributed by atoms with Crippen molar-refractivity contribution in [2.45, 2.75) is 43.2 Å². The molecule has 1 N–H and O–H groups in total. The van der Waals surface area contributed by atoms with E-state index in [9.17, 15) is 9.59 Å². The number of esters is 1. The van der Waals surface area contributed by atoms with Crippen molar-refractivity contribution in [3.8, 4) is 11.6 Å². The van der Waals surface area contributed by atoms with Crippen LogP contribution >= 0.6 is 11.8 Å². The van der Waals surface area contributed by atoms with Crippen molar-refractivity contribution in [1.29, 1.82) is 0 Å². The zero-order valence-corrected chi connectivity index (χ0v) is 19.9. The van der Waals surface area contributed by atoms with Crippen molar-refractivity contribution in [2.75, 3.05) is 6.26 Å². The molecule has 0 radical (unpaired) electrons. The van der Waals surface area contributed by atoms with E-state index in [-0.39, 0.29) is 29.7 Å². The molecule has 0 aliphatic heterocycles. The lowest BCUT2D eigenvalue weighted by molar-refractivity contribution is -0.151. The number of pyridine rings is 1. The molecule has 0 saturated heterocycles. The molecule has 1 amide bonds. The van der Waals surface area contributed by atoms with E-state index < -0.39 is 0 Å². The van der Waals surface area contributed by atoms with E-state index in [0.29, 0.717) is 30.8 Å². The highest BCUT2D eigenvalue weighted by molar-refractivity contribution is 7.98. The first-order valence-corrected chi connectivity index (χ1v) is 12.6. The molecular formula is C27H28N2O4S. The summed E-state index contributed by atoms with van der Waals surface area (Å²) >= 11 is 1.65. The van der Waals surface area contributed by atoms with Crippen LogP contribution in [0.5, 0.6) is 11.6 Å². The lowest BCUT2D eigenvalue weighted by Crippen LogP contribution is -2.39. The third-order valence-corrected chi connectivity index (χ3v) is 6.65. The molecule has 4 rings (SSSR count). The number of hydrogen-bond donors (Lipinski definition) is 1. The maximum atomic E-state index is 13.0. The maximum absolute atomic E-state index is 13.0. The standard InChI is InChI=1S/C27H28N2O4S/c1-34-23-15-13-22(14-16-23)33-26-24(8-5-17-28-26)25(30)29-21-11-9-20(10-12-21)27(31)32-18-19-6-3-2-4-7-19/h2-8,13-17,20-21H,9-12,18H2,1H3,(H,29,30). The summed E-state index contributed by atoms with van der Waals surface area (Å²) in [5.41, 5.74) is 1.37. The van der Waals surface area contributed by atoms with Crippen LogP contribution in [0.25, 0.3) is 0 Å². The second-order valence-corrected chi connectivity index (χ2v) is 9.13. The lowest BCUT2D eigenvalue weighted by atomic mass is 9.86. The van der Waals surface area contributed by atoms with Gasteiger partial charge in [0.2, 0.25) is 5.88 Å². The fourth-order valence-corrected chi connectivity index (χ4v) is 4.39. The van der Waals surface area contributed by atoms with Crippen molar-refractivity contribution < 1.29 is 19.1 Å². The van der Waals surface area contributed by atoms with Crippen LogP contribution in [0.1, 0.15) is 41.6 Å². The molecule has 7 heteroatoms. The van der Waals surface area contributed by atoms with Gasteiger partial charge >= 0.3 is 5.97 Å². The molecule has 2 aromatic carbocycles. The van der Waals surface area contributed by atoms with Gasteiger partial charge in [-0.15, -0.1) is 11.8 Å². The van der Waals surface area contributed by atoms with Crippen LogP contribution in [-0.4, -0.2) is 29.2 Å². The lowest BCUT2D eigenvalue weighted by Gasteiger charge is -2.28. The number of aromatic nitrogens is 1. The minimum Gasteiger partial charge on any atom is -0.461 e. The van der Waals surface area contributed by atoms with Gasteiger partial charge in [0.05, 0.1) is 5.92 Å². The first-order chi connectivity index (χ1) is 16.6. The summed E-state index contributed by atoms with van der Waals surface area (Å²) in [5.74, 6) is 0.386. The number of carbonyl (C=O) groups is 2. The topological polar surface area (TPSA) is 77.5 Å². The second-order valence-electron chi connectivity index (χ2n) is 8.25. The van der Waals surface area contributed by atoms with Crippen molar-refractivity contribution in [2.24, 2.45) is 5.92 Å². The summed E-state index contributed by atoms with van der Waals surface area (Å²) in [4.78, 5) is 30.8. The Labute approximate surface area is 204 Å². The molecule has 0 spiro atoms. The molecule has 34 heavy (non-hydrogen) atoms. The van der Waals surface area contributed by atoms with Crippen LogP contribution in [0.2, 0.25) is 0 Å². The highest BCUT2D eigenvalue weighted by Crippen LogP contribution is 2.28. The molecule has 1 heterocycles. The normalized spacial score (nSPS) is 17.6. The van der Waals surface area contributed by atoms with Crippen LogP contribution in [0.15, 0.2) is 77.8 Å². The fourth-order valence-electron chi connectivity index (χ4n) is 3.98. The number of ether oxygens (including phenoxy) is 2. The Morgan fingerprint density at radius 1 is 0.971 bits per heavy atom. The number of benzene rings is 2. The summed E-state index contributed by atoms with van der Waals surface area (Å²) in [7, 11) is 0. The Kier molecular flexibility index (Phi) is 8.20. The summed E-state index contributed by atoms with van der Waals surface area (Å²) < 4.78 is 11.4. The molecule has 1 saturated carbocycles. The Hall–Kier alpha value is -3.32. The number of thioether (sulfide) groups is 1. The highest BCUT2D eigenvalue weighted by Gasteiger charge is 2.29.